The number of ether oxygens (including phenoxy) is 1. The van der Waals surface area contributed by atoms with Crippen LogP contribution < -0.4 is 15.4 Å². The van der Waals surface area contributed by atoms with Crippen molar-refractivity contribution in [3.63, 3.8) is 0 Å². The summed E-state index contributed by atoms with van der Waals surface area (Å²) in [4.78, 5) is 6.46. The van der Waals surface area contributed by atoms with Crippen LogP contribution in [-0.4, -0.2) is 51.2 Å². The summed E-state index contributed by atoms with van der Waals surface area (Å²) in [5, 5.41) is 6.25. The number of rotatable bonds is 8. The lowest BCUT2D eigenvalue weighted by atomic mass is 10.2. The van der Waals surface area contributed by atoms with E-state index in [1.807, 2.05) is 25.2 Å². The number of hydrogen-bond acceptors (Lipinski definition) is 3. The lowest BCUT2D eigenvalue weighted by Gasteiger charge is -2.19. The molecule has 0 saturated heterocycles. The van der Waals surface area contributed by atoms with E-state index in [2.05, 4.69) is 40.4 Å². The average Bonchev–Trinajstić information content (AvgIpc) is 2.53. The molecule has 0 amide bonds. The second kappa shape index (κ2) is 12.5. The Balaban J connectivity index is 0.00000441. The summed E-state index contributed by atoms with van der Waals surface area (Å²) in [6.07, 6.45) is 0. The van der Waals surface area contributed by atoms with Crippen LogP contribution in [0.1, 0.15) is 19.4 Å². The van der Waals surface area contributed by atoms with Gasteiger partial charge < -0.3 is 20.3 Å². The Hall–Kier alpha value is -1.02. The Morgan fingerprint density at radius 2 is 1.91 bits per heavy atom. The number of benzene rings is 1. The van der Waals surface area contributed by atoms with Gasteiger partial charge in [0.25, 0.3) is 0 Å². The van der Waals surface area contributed by atoms with Crippen molar-refractivity contribution in [2.75, 3.05) is 40.3 Å². The van der Waals surface area contributed by atoms with Crippen LogP contribution in [0.2, 0.25) is 0 Å². The first kappa shape index (κ1) is 21.0. The van der Waals surface area contributed by atoms with Gasteiger partial charge in [0.2, 0.25) is 0 Å². The topological polar surface area (TPSA) is 48.9 Å². The highest BCUT2D eigenvalue weighted by Crippen LogP contribution is 2.17. The van der Waals surface area contributed by atoms with E-state index in [-0.39, 0.29) is 24.0 Å². The van der Waals surface area contributed by atoms with Crippen LogP contribution in [0.3, 0.4) is 0 Å². The van der Waals surface area contributed by atoms with Gasteiger partial charge in [0, 0.05) is 32.7 Å². The normalized spacial score (nSPS) is 11.0. The summed E-state index contributed by atoms with van der Waals surface area (Å²) in [6, 6.07) is 8.11. The molecule has 126 valence electrons. The number of nitrogens with one attached hydrogen (secondary N) is 2. The molecule has 0 spiro atoms. The van der Waals surface area contributed by atoms with E-state index in [1.165, 1.54) is 0 Å². The second-order valence-corrected chi connectivity index (χ2v) is 4.66. The minimum Gasteiger partial charge on any atom is -0.492 e. The molecule has 0 fully saturated rings. The number of halogens is 1. The zero-order valence-corrected chi connectivity index (χ0v) is 16.4. The van der Waals surface area contributed by atoms with E-state index >= 15 is 0 Å². The third-order valence-electron chi connectivity index (χ3n) is 3.44. The molecule has 5 nitrogen and oxygen atoms in total. The molecule has 0 aromatic heterocycles. The molecule has 6 heteroatoms. The lowest BCUT2D eigenvalue weighted by molar-refractivity contribution is 0.221. The number of para-hydroxylation sites is 1. The number of hydrogen-bond donors (Lipinski definition) is 2. The minimum atomic E-state index is 0. The SMILES string of the molecule is CCN(CC)CCOc1ccccc1CNC(=NC)NC.I. The number of guanidine groups is 1. The summed E-state index contributed by atoms with van der Waals surface area (Å²) in [7, 11) is 3.60. The van der Waals surface area contributed by atoms with Gasteiger partial charge >= 0.3 is 0 Å². The van der Waals surface area contributed by atoms with Crippen molar-refractivity contribution in [2.45, 2.75) is 20.4 Å². The van der Waals surface area contributed by atoms with Gasteiger partial charge in [-0.1, -0.05) is 32.0 Å². The van der Waals surface area contributed by atoms with Crippen molar-refractivity contribution in [3.05, 3.63) is 29.8 Å². The number of aliphatic imine (C=N–C) groups is 1. The molecule has 0 aliphatic carbocycles. The van der Waals surface area contributed by atoms with Crippen LogP contribution >= 0.6 is 24.0 Å². The van der Waals surface area contributed by atoms with E-state index in [4.69, 9.17) is 4.74 Å². The summed E-state index contributed by atoms with van der Waals surface area (Å²) in [6.45, 7) is 8.81. The molecule has 1 rings (SSSR count). The first-order valence-corrected chi connectivity index (χ1v) is 7.56. The third-order valence-corrected chi connectivity index (χ3v) is 3.44. The Labute approximate surface area is 151 Å². The van der Waals surface area contributed by atoms with Crippen LogP contribution in [-0.2, 0) is 6.54 Å². The van der Waals surface area contributed by atoms with E-state index < -0.39 is 0 Å². The average molecular weight is 420 g/mol. The third kappa shape index (κ3) is 7.31. The fraction of sp³-hybridized carbons (Fsp3) is 0.562. The molecule has 0 bridgehead atoms. The molecule has 22 heavy (non-hydrogen) atoms. The quantitative estimate of drug-likeness (QED) is 0.385. The van der Waals surface area contributed by atoms with Crippen molar-refractivity contribution < 1.29 is 4.74 Å². The molecule has 2 N–H and O–H groups in total. The highest BCUT2D eigenvalue weighted by molar-refractivity contribution is 14.0. The zero-order valence-electron chi connectivity index (χ0n) is 14.1. The van der Waals surface area contributed by atoms with Crippen molar-refractivity contribution in [3.8, 4) is 5.75 Å². The maximum atomic E-state index is 5.93. The summed E-state index contributed by atoms with van der Waals surface area (Å²) >= 11 is 0. The van der Waals surface area contributed by atoms with Gasteiger partial charge in [-0.15, -0.1) is 24.0 Å². The molecule has 0 saturated carbocycles. The molecule has 0 aliphatic rings. The van der Waals surface area contributed by atoms with Gasteiger partial charge in [0.15, 0.2) is 5.96 Å². The molecule has 0 atom stereocenters. The first-order valence-electron chi connectivity index (χ1n) is 7.56. The molecule has 1 aromatic rings. The maximum Gasteiger partial charge on any atom is 0.190 e. The number of likely N-dealkylation sites (N-methyl/N-ethyl adjacent to an activating group) is 1. The lowest BCUT2D eigenvalue weighted by Crippen LogP contribution is -2.34. The van der Waals surface area contributed by atoms with Gasteiger partial charge in [0.1, 0.15) is 12.4 Å². The Kier molecular flexibility index (Phi) is 11.9. The van der Waals surface area contributed by atoms with Crippen LogP contribution in [0.15, 0.2) is 29.3 Å². The van der Waals surface area contributed by atoms with Gasteiger partial charge in [-0.25, -0.2) is 0 Å². The maximum absolute atomic E-state index is 5.93. The molecular formula is C16H29IN4O. The highest BCUT2D eigenvalue weighted by atomic mass is 127. The Bertz CT molecular complexity index is 436. The molecule has 0 unspecified atom stereocenters. The highest BCUT2D eigenvalue weighted by Gasteiger charge is 2.05. The zero-order chi connectivity index (χ0) is 15.5. The summed E-state index contributed by atoms with van der Waals surface area (Å²) in [5.41, 5.74) is 1.13. The Morgan fingerprint density at radius 1 is 1.23 bits per heavy atom. The molecule has 0 aliphatic heterocycles. The smallest absolute Gasteiger partial charge is 0.190 e. The fourth-order valence-corrected chi connectivity index (χ4v) is 2.07. The van der Waals surface area contributed by atoms with E-state index in [9.17, 15) is 0 Å². The molecular weight excluding hydrogens is 391 g/mol. The predicted octanol–water partition coefficient (Wildman–Crippen LogP) is 2.32. The van der Waals surface area contributed by atoms with E-state index in [0.29, 0.717) is 13.2 Å². The molecule has 0 radical (unpaired) electrons. The van der Waals surface area contributed by atoms with Gasteiger partial charge in [-0.2, -0.15) is 0 Å². The summed E-state index contributed by atoms with van der Waals surface area (Å²) in [5.74, 6) is 1.71. The largest absolute Gasteiger partial charge is 0.492 e. The van der Waals surface area contributed by atoms with Crippen molar-refractivity contribution in [1.29, 1.82) is 0 Å². The van der Waals surface area contributed by atoms with Crippen LogP contribution in [0.5, 0.6) is 5.75 Å². The molecule has 0 heterocycles. The predicted molar refractivity (Wildman–Crippen MR) is 104 cm³/mol. The first-order chi connectivity index (χ1) is 10.2. The molecule has 1 aromatic carbocycles. The van der Waals surface area contributed by atoms with Gasteiger partial charge in [0.05, 0.1) is 0 Å². The van der Waals surface area contributed by atoms with Crippen molar-refractivity contribution in [1.82, 2.24) is 15.5 Å². The van der Waals surface area contributed by atoms with Crippen LogP contribution in [0.4, 0.5) is 0 Å². The van der Waals surface area contributed by atoms with Gasteiger partial charge in [-0.3, -0.25) is 4.99 Å². The monoisotopic (exact) mass is 420 g/mol. The fourth-order valence-electron chi connectivity index (χ4n) is 2.07. The van der Waals surface area contributed by atoms with E-state index in [1.54, 1.807) is 7.05 Å². The standard InChI is InChI=1S/C16H28N4O.HI/c1-5-20(6-2)11-12-21-15-10-8-7-9-14(15)13-19-16(17-3)18-4;/h7-10H,5-6,11-13H2,1-4H3,(H2,17,18,19);1H. The van der Waals surface area contributed by atoms with Crippen molar-refractivity contribution >= 4 is 29.9 Å². The Morgan fingerprint density at radius 3 is 2.50 bits per heavy atom. The second-order valence-electron chi connectivity index (χ2n) is 4.66. The van der Waals surface area contributed by atoms with Crippen LogP contribution in [0, 0.1) is 0 Å². The number of nitrogens with zero attached hydrogens (tertiary/aromatic N) is 2. The van der Waals surface area contributed by atoms with Crippen molar-refractivity contribution in [2.24, 2.45) is 4.99 Å². The summed E-state index contributed by atoms with van der Waals surface area (Å²) < 4.78 is 5.93. The van der Waals surface area contributed by atoms with Gasteiger partial charge in [-0.05, 0) is 19.2 Å². The minimum absolute atomic E-state index is 0. The van der Waals surface area contributed by atoms with Crippen LogP contribution in [0.25, 0.3) is 0 Å². The van der Waals surface area contributed by atoms with E-state index in [0.717, 1.165) is 36.9 Å².